The van der Waals surface area contributed by atoms with Crippen LogP contribution in [0.1, 0.15) is 12.8 Å². The van der Waals surface area contributed by atoms with E-state index in [0.29, 0.717) is 0 Å². The summed E-state index contributed by atoms with van der Waals surface area (Å²) in [7, 11) is 1.52. The van der Waals surface area contributed by atoms with Gasteiger partial charge in [0.05, 0.1) is 7.11 Å². The molecule has 0 amide bonds. The van der Waals surface area contributed by atoms with Gasteiger partial charge in [0.25, 0.3) is 0 Å². The van der Waals surface area contributed by atoms with Crippen molar-refractivity contribution in [3.05, 3.63) is 6.10 Å². The molecule has 0 atom stereocenters. The second kappa shape index (κ2) is 6.15. The van der Waals surface area contributed by atoms with E-state index in [1.54, 1.807) is 0 Å². The Bertz CT molecular complexity index is 49.3. The second-order valence-corrected chi connectivity index (χ2v) is 1.29. The topological polar surface area (TPSA) is 18.5 Å². The standard InChI is InChI=1S/C4H7O2.BrH.Zn/c1-5-6-4-2-3-4;;/h2-3H2,1H3;1H;/q-1;;+2/p-1. The average molecular weight is 232 g/mol. The predicted octanol–water partition coefficient (Wildman–Crippen LogP) is 1.73. The molecular weight excluding hydrogens is 225 g/mol. The summed E-state index contributed by atoms with van der Waals surface area (Å²) in [6, 6.07) is 0. The van der Waals surface area contributed by atoms with Crippen molar-refractivity contribution < 1.29 is 26.1 Å². The number of hydrogen-bond acceptors (Lipinski definition) is 2. The van der Waals surface area contributed by atoms with Gasteiger partial charge in [-0.3, -0.25) is 4.89 Å². The van der Waals surface area contributed by atoms with Gasteiger partial charge in [0, 0.05) is 0 Å². The zero-order valence-corrected chi connectivity index (χ0v) is 9.37. The molecule has 0 heterocycles. The van der Waals surface area contributed by atoms with Gasteiger partial charge in [0.1, 0.15) is 0 Å². The number of halogens is 1. The molecule has 1 aliphatic rings. The summed E-state index contributed by atoms with van der Waals surface area (Å²) in [5, 5.41) is 0. The first-order valence-corrected chi connectivity index (χ1v) is 9.20. The molecule has 1 saturated carbocycles. The van der Waals surface area contributed by atoms with Crippen molar-refractivity contribution in [3.8, 4) is 0 Å². The molecule has 4 heteroatoms. The van der Waals surface area contributed by atoms with Gasteiger partial charge in [-0.2, -0.15) is 18.9 Å². The zero-order valence-electron chi connectivity index (χ0n) is 4.82. The fraction of sp³-hybridized carbons (Fsp3) is 0.750. The van der Waals surface area contributed by atoms with E-state index < -0.39 is 0 Å². The maximum absolute atomic E-state index is 4.57. The third-order valence-corrected chi connectivity index (χ3v) is 0.655. The zero-order chi connectivity index (χ0) is 6.41. The van der Waals surface area contributed by atoms with Gasteiger partial charge in [-0.1, -0.05) is 0 Å². The van der Waals surface area contributed by atoms with Crippen LogP contribution in [0.25, 0.3) is 0 Å². The predicted molar refractivity (Wildman–Crippen MR) is 29.5 cm³/mol. The van der Waals surface area contributed by atoms with Crippen molar-refractivity contribution in [2.75, 3.05) is 7.11 Å². The van der Waals surface area contributed by atoms with Crippen molar-refractivity contribution in [1.82, 2.24) is 0 Å². The van der Waals surface area contributed by atoms with Crippen LogP contribution in [0.5, 0.6) is 0 Å². The molecule has 0 aliphatic heterocycles. The molecule has 0 radical (unpaired) electrons. The number of hydrogen-bond donors (Lipinski definition) is 0. The third kappa shape index (κ3) is 5.17. The molecule has 1 fully saturated rings. The number of rotatable bonds is 2. The Balaban J connectivity index is 0.000000222. The molecule has 0 bridgehead atoms. The maximum atomic E-state index is 4.57. The summed E-state index contributed by atoms with van der Waals surface area (Å²) in [6.45, 7) is 0. The van der Waals surface area contributed by atoms with Crippen LogP contribution in [-0.2, 0) is 26.1 Å². The van der Waals surface area contributed by atoms with Gasteiger partial charge >= 0.3 is 30.0 Å². The fourth-order valence-corrected chi connectivity index (χ4v) is 0.252. The Morgan fingerprint density at radius 1 is 1.50 bits per heavy atom. The monoisotopic (exact) mass is 230 g/mol. The van der Waals surface area contributed by atoms with Crippen molar-refractivity contribution >= 4 is 13.6 Å². The Morgan fingerprint density at radius 2 is 2.00 bits per heavy atom. The van der Waals surface area contributed by atoms with Crippen molar-refractivity contribution in [1.29, 1.82) is 0 Å². The van der Waals surface area contributed by atoms with Gasteiger partial charge in [-0.05, 0) is 0 Å². The van der Waals surface area contributed by atoms with Crippen LogP contribution in [0, 0.1) is 6.10 Å². The van der Waals surface area contributed by atoms with E-state index in [-0.39, 0.29) is 0 Å². The van der Waals surface area contributed by atoms with E-state index >= 15 is 0 Å². The van der Waals surface area contributed by atoms with E-state index in [1.807, 2.05) is 0 Å². The van der Waals surface area contributed by atoms with Crippen LogP contribution in [0.2, 0.25) is 0 Å². The first-order valence-electron chi connectivity index (χ1n) is 2.25. The van der Waals surface area contributed by atoms with Crippen LogP contribution in [0.3, 0.4) is 0 Å². The molecule has 1 aliphatic carbocycles. The Morgan fingerprint density at radius 3 is 2.12 bits per heavy atom. The summed E-state index contributed by atoms with van der Waals surface area (Å²) < 4.78 is 0. The minimum absolute atomic E-state index is 1.07. The van der Waals surface area contributed by atoms with Gasteiger partial charge < -0.3 is 4.89 Å². The molecule has 44 valence electrons. The summed E-state index contributed by atoms with van der Waals surface area (Å²) >= 11 is 4.25. The molecule has 0 unspecified atom stereocenters. The third-order valence-electron chi connectivity index (χ3n) is 0.655. The first-order chi connectivity index (χ1) is 3.93. The molecule has 0 saturated heterocycles. The van der Waals surface area contributed by atoms with Crippen molar-refractivity contribution in [2.45, 2.75) is 12.8 Å². The normalized spacial score (nSPS) is 17.0. The first kappa shape index (κ1) is 9.02. The molecule has 0 spiro atoms. The van der Waals surface area contributed by atoms with Gasteiger partial charge in [-0.15, -0.1) is 0 Å². The van der Waals surface area contributed by atoms with Crippen LogP contribution in [0.4, 0.5) is 0 Å². The molecule has 0 aromatic carbocycles. The van der Waals surface area contributed by atoms with Crippen LogP contribution >= 0.6 is 13.6 Å². The van der Waals surface area contributed by atoms with Crippen molar-refractivity contribution in [3.63, 3.8) is 0 Å². The molecule has 0 aromatic heterocycles. The summed E-state index contributed by atoms with van der Waals surface area (Å²) in [5.41, 5.74) is 0. The van der Waals surface area contributed by atoms with E-state index in [2.05, 4.69) is 23.4 Å². The Hall–Kier alpha value is 1.02. The van der Waals surface area contributed by atoms with E-state index in [9.17, 15) is 0 Å². The molecule has 1 rings (SSSR count). The Labute approximate surface area is 65.9 Å². The van der Waals surface area contributed by atoms with Gasteiger partial charge in [-0.25, -0.2) is 0 Å². The average Bonchev–Trinajstić information content (AvgIpc) is 2.57. The van der Waals surface area contributed by atoms with E-state index in [0.717, 1.165) is 18.9 Å². The summed E-state index contributed by atoms with van der Waals surface area (Å²) in [5.74, 6) is 0. The summed E-state index contributed by atoms with van der Waals surface area (Å²) in [6.07, 6.45) is 3.25. The SMILES string of the molecule is COO[C-]1CC1.[Zn+][Br]. The quantitative estimate of drug-likeness (QED) is 0.312. The minimum atomic E-state index is 1.07. The molecule has 2 nitrogen and oxygen atoms in total. The summed E-state index contributed by atoms with van der Waals surface area (Å²) in [4.78, 5) is 8.90. The van der Waals surface area contributed by atoms with Crippen LogP contribution in [-0.4, -0.2) is 7.11 Å². The van der Waals surface area contributed by atoms with Crippen LogP contribution in [0.15, 0.2) is 0 Å². The van der Waals surface area contributed by atoms with Crippen molar-refractivity contribution in [2.24, 2.45) is 0 Å². The molecular formula is C4H7BrO2Zn. The van der Waals surface area contributed by atoms with Gasteiger partial charge in [0.15, 0.2) is 0 Å². The van der Waals surface area contributed by atoms with Crippen LogP contribution < -0.4 is 0 Å². The molecule has 8 heavy (non-hydrogen) atoms. The Kier molecular flexibility index (Phi) is 6.93. The molecule has 0 N–H and O–H groups in total. The molecule has 0 aromatic rings. The second-order valence-electron chi connectivity index (χ2n) is 1.29. The van der Waals surface area contributed by atoms with E-state index in [4.69, 9.17) is 0 Å². The van der Waals surface area contributed by atoms with Gasteiger partial charge in [0.2, 0.25) is 0 Å². The fourth-order valence-electron chi connectivity index (χ4n) is 0.252. The van der Waals surface area contributed by atoms with E-state index in [1.165, 1.54) is 23.5 Å².